The third-order valence-corrected chi connectivity index (χ3v) is 3.25. The van der Waals surface area contributed by atoms with Gasteiger partial charge in [0.05, 0.1) is 19.3 Å². The Bertz CT molecular complexity index is 378. The first-order valence-corrected chi connectivity index (χ1v) is 6.25. The maximum Gasteiger partial charge on any atom is 0.124 e. The molecule has 1 aromatic rings. The number of ether oxygens (including phenoxy) is 2. The average Bonchev–Trinajstić information content (AvgIpc) is 2.39. The Hall–Kier alpha value is -1.06. The van der Waals surface area contributed by atoms with Crippen molar-refractivity contribution in [2.24, 2.45) is 0 Å². The predicted octanol–water partition coefficient (Wildman–Crippen LogP) is 2.44. The van der Waals surface area contributed by atoms with Gasteiger partial charge in [0, 0.05) is 18.7 Å². The van der Waals surface area contributed by atoms with Crippen molar-refractivity contribution in [3.63, 3.8) is 0 Å². The molecule has 0 spiro atoms. The van der Waals surface area contributed by atoms with Crippen molar-refractivity contribution in [1.82, 2.24) is 5.32 Å². The summed E-state index contributed by atoms with van der Waals surface area (Å²) in [7, 11) is 1.71. The molecule has 1 aliphatic rings. The van der Waals surface area contributed by atoms with E-state index < -0.39 is 0 Å². The van der Waals surface area contributed by atoms with Crippen molar-refractivity contribution in [2.45, 2.75) is 32.5 Å². The van der Waals surface area contributed by atoms with E-state index in [2.05, 4.69) is 31.3 Å². The maximum atomic E-state index is 6.08. The topological polar surface area (TPSA) is 30.5 Å². The smallest absolute Gasteiger partial charge is 0.124 e. The van der Waals surface area contributed by atoms with Crippen molar-refractivity contribution in [2.75, 3.05) is 20.2 Å². The highest BCUT2D eigenvalue weighted by Crippen LogP contribution is 2.30. The van der Waals surface area contributed by atoms with Gasteiger partial charge in [0.15, 0.2) is 0 Å². The van der Waals surface area contributed by atoms with E-state index in [-0.39, 0.29) is 6.10 Å². The van der Waals surface area contributed by atoms with Crippen molar-refractivity contribution in [3.05, 3.63) is 29.3 Å². The van der Waals surface area contributed by atoms with Crippen LogP contribution in [0.25, 0.3) is 0 Å². The minimum atomic E-state index is 0.101. The molecule has 1 N–H and O–H groups in total. The molecule has 0 aromatic heterocycles. The average molecular weight is 235 g/mol. The zero-order valence-corrected chi connectivity index (χ0v) is 10.8. The largest absolute Gasteiger partial charge is 0.496 e. The number of rotatable bonds is 3. The molecule has 17 heavy (non-hydrogen) atoms. The minimum absolute atomic E-state index is 0.101. The molecular formula is C14H21NO2. The third kappa shape index (κ3) is 2.79. The Morgan fingerprint density at radius 2 is 2.24 bits per heavy atom. The lowest BCUT2D eigenvalue weighted by molar-refractivity contribution is -0.0408. The molecule has 2 atom stereocenters. The zero-order valence-electron chi connectivity index (χ0n) is 10.8. The molecule has 1 heterocycles. The molecule has 0 radical (unpaired) electrons. The van der Waals surface area contributed by atoms with Crippen LogP contribution in [0.4, 0.5) is 0 Å². The monoisotopic (exact) mass is 235 g/mol. The van der Waals surface area contributed by atoms with Crippen LogP contribution in [0.1, 0.15) is 30.6 Å². The van der Waals surface area contributed by atoms with Crippen LogP contribution in [0.3, 0.4) is 0 Å². The van der Waals surface area contributed by atoms with Crippen LogP contribution in [0.15, 0.2) is 18.2 Å². The number of benzene rings is 1. The van der Waals surface area contributed by atoms with Crippen LogP contribution in [0, 0.1) is 6.92 Å². The molecule has 2 unspecified atom stereocenters. The lowest BCUT2D eigenvalue weighted by Crippen LogP contribution is -2.40. The van der Waals surface area contributed by atoms with Gasteiger partial charge in [0.2, 0.25) is 0 Å². The van der Waals surface area contributed by atoms with E-state index in [0.717, 1.165) is 30.8 Å². The van der Waals surface area contributed by atoms with Crippen LogP contribution < -0.4 is 10.1 Å². The third-order valence-electron chi connectivity index (χ3n) is 3.25. The predicted molar refractivity (Wildman–Crippen MR) is 68.5 cm³/mol. The lowest BCUT2D eigenvalue weighted by Gasteiger charge is -2.31. The summed E-state index contributed by atoms with van der Waals surface area (Å²) < 4.78 is 11.5. The van der Waals surface area contributed by atoms with Gasteiger partial charge in [-0.2, -0.15) is 0 Å². The number of methoxy groups -OCH3 is 1. The molecule has 3 nitrogen and oxygen atoms in total. The Morgan fingerprint density at radius 1 is 1.41 bits per heavy atom. The molecule has 1 aliphatic heterocycles. The van der Waals surface area contributed by atoms with E-state index >= 15 is 0 Å². The van der Waals surface area contributed by atoms with E-state index in [1.54, 1.807) is 7.11 Å². The fraction of sp³-hybridized carbons (Fsp3) is 0.571. The number of morpholine rings is 1. The standard InChI is InChI=1S/C14H21NO2/c1-4-11-8-15-9-14(17-11)12-7-10(2)5-6-13(12)16-3/h5-7,11,14-15H,4,8-9H2,1-3H3. The van der Waals surface area contributed by atoms with Crippen LogP contribution in [0.5, 0.6) is 5.75 Å². The number of hydrogen-bond acceptors (Lipinski definition) is 3. The summed E-state index contributed by atoms with van der Waals surface area (Å²) in [6.45, 7) is 6.05. The highest BCUT2D eigenvalue weighted by atomic mass is 16.5. The van der Waals surface area contributed by atoms with Crippen molar-refractivity contribution in [3.8, 4) is 5.75 Å². The quantitative estimate of drug-likeness (QED) is 0.873. The van der Waals surface area contributed by atoms with Crippen LogP contribution >= 0.6 is 0 Å². The summed E-state index contributed by atoms with van der Waals surface area (Å²) in [5, 5.41) is 3.42. The Labute approximate surface area is 103 Å². The van der Waals surface area contributed by atoms with Crippen LogP contribution in [-0.4, -0.2) is 26.3 Å². The van der Waals surface area contributed by atoms with Gasteiger partial charge in [-0.25, -0.2) is 0 Å². The minimum Gasteiger partial charge on any atom is -0.496 e. The highest BCUT2D eigenvalue weighted by Gasteiger charge is 2.24. The van der Waals surface area contributed by atoms with E-state index in [1.807, 2.05) is 6.07 Å². The summed E-state index contributed by atoms with van der Waals surface area (Å²) >= 11 is 0. The molecule has 1 saturated heterocycles. The van der Waals surface area contributed by atoms with Crippen molar-refractivity contribution < 1.29 is 9.47 Å². The van der Waals surface area contributed by atoms with Gasteiger partial charge in [-0.1, -0.05) is 18.6 Å². The molecular weight excluding hydrogens is 214 g/mol. The van der Waals surface area contributed by atoms with Gasteiger partial charge in [0.25, 0.3) is 0 Å². The maximum absolute atomic E-state index is 6.08. The molecule has 2 rings (SSSR count). The number of hydrogen-bond donors (Lipinski definition) is 1. The summed E-state index contributed by atoms with van der Waals surface area (Å²) in [5.74, 6) is 0.916. The summed E-state index contributed by atoms with van der Waals surface area (Å²) in [5.41, 5.74) is 2.39. The van der Waals surface area contributed by atoms with Crippen LogP contribution in [-0.2, 0) is 4.74 Å². The van der Waals surface area contributed by atoms with Gasteiger partial charge in [-0.15, -0.1) is 0 Å². The summed E-state index contributed by atoms with van der Waals surface area (Å²) in [6, 6.07) is 6.24. The molecule has 1 fully saturated rings. The number of aryl methyl sites for hydroxylation is 1. The highest BCUT2D eigenvalue weighted by molar-refractivity contribution is 5.38. The fourth-order valence-corrected chi connectivity index (χ4v) is 2.23. The molecule has 1 aromatic carbocycles. The molecule has 3 heteroatoms. The zero-order chi connectivity index (χ0) is 12.3. The van der Waals surface area contributed by atoms with Crippen LogP contribution in [0.2, 0.25) is 0 Å². The van der Waals surface area contributed by atoms with Gasteiger partial charge in [-0.05, 0) is 25.5 Å². The van der Waals surface area contributed by atoms with Gasteiger partial charge in [0.1, 0.15) is 5.75 Å². The van der Waals surface area contributed by atoms with E-state index in [1.165, 1.54) is 5.56 Å². The first-order valence-electron chi connectivity index (χ1n) is 6.25. The second-order valence-corrected chi connectivity index (χ2v) is 4.56. The SMILES string of the molecule is CCC1CNCC(c2cc(C)ccc2OC)O1. The second-order valence-electron chi connectivity index (χ2n) is 4.56. The Kier molecular flexibility index (Phi) is 4.02. The van der Waals surface area contributed by atoms with Crippen molar-refractivity contribution >= 4 is 0 Å². The normalized spacial score (nSPS) is 24.6. The molecule has 0 aliphatic carbocycles. The van der Waals surface area contributed by atoms with E-state index in [9.17, 15) is 0 Å². The molecule has 0 saturated carbocycles. The Balaban J connectivity index is 2.22. The first-order chi connectivity index (χ1) is 8.24. The number of nitrogens with one attached hydrogen (secondary N) is 1. The van der Waals surface area contributed by atoms with Crippen molar-refractivity contribution in [1.29, 1.82) is 0 Å². The second kappa shape index (κ2) is 5.52. The van der Waals surface area contributed by atoms with Gasteiger partial charge in [-0.3, -0.25) is 0 Å². The molecule has 94 valence electrons. The van der Waals surface area contributed by atoms with E-state index in [4.69, 9.17) is 9.47 Å². The summed E-state index contributed by atoms with van der Waals surface area (Å²) in [6.07, 6.45) is 1.44. The van der Waals surface area contributed by atoms with Gasteiger partial charge < -0.3 is 14.8 Å². The summed E-state index contributed by atoms with van der Waals surface area (Å²) in [4.78, 5) is 0. The first kappa shape index (κ1) is 12.4. The van der Waals surface area contributed by atoms with E-state index in [0.29, 0.717) is 6.10 Å². The van der Waals surface area contributed by atoms with Gasteiger partial charge >= 0.3 is 0 Å². The fourth-order valence-electron chi connectivity index (χ4n) is 2.23. The Morgan fingerprint density at radius 3 is 2.94 bits per heavy atom. The molecule has 0 bridgehead atoms. The lowest BCUT2D eigenvalue weighted by atomic mass is 10.0. The molecule has 0 amide bonds.